The van der Waals surface area contributed by atoms with Crippen LogP contribution < -0.4 is 4.74 Å². The van der Waals surface area contributed by atoms with Crippen LogP contribution in [-0.2, 0) is 6.54 Å². The molecule has 28 heavy (non-hydrogen) atoms. The van der Waals surface area contributed by atoms with E-state index in [2.05, 4.69) is 15.9 Å². The molecule has 6 nitrogen and oxygen atoms in total. The van der Waals surface area contributed by atoms with Gasteiger partial charge in [-0.15, -0.1) is 0 Å². The maximum absolute atomic E-state index is 9.69. The van der Waals surface area contributed by atoms with E-state index in [0.29, 0.717) is 11.8 Å². The molecule has 2 N–H and O–H groups in total. The number of hydrogen-bond donors (Lipinski definition) is 2. The number of phenolic OH excluding ortho intramolecular Hbond substituents is 1. The van der Waals surface area contributed by atoms with Gasteiger partial charge in [-0.1, -0.05) is 18.2 Å². The smallest absolute Gasteiger partial charge is 0.161 e. The van der Waals surface area contributed by atoms with E-state index in [4.69, 9.17) is 9.15 Å². The molecule has 3 rings (SSSR count). The molecule has 0 unspecified atom stereocenters. The summed E-state index contributed by atoms with van der Waals surface area (Å²) in [7, 11) is 1.55. The largest absolute Gasteiger partial charge is 0.504 e. The Hall–Kier alpha value is -2.28. The number of aryl methyl sites for hydroxylation is 1. The number of aromatic hydroxyl groups is 1. The number of hydrogen-bond acceptors (Lipinski definition) is 6. The van der Waals surface area contributed by atoms with Crippen molar-refractivity contribution in [3.63, 3.8) is 0 Å². The zero-order valence-electron chi connectivity index (χ0n) is 16.7. The fraction of sp³-hybridized carbons (Fsp3) is 0.455. The second kappa shape index (κ2) is 9.78. The minimum atomic E-state index is 0.148. The van der Waals surface area contributed by atoms with Crippen molar-refractivity contribution in [3.05, 3.63) is 53.5 Å². The lowest BCUT2D eigenvalue weighted by molar-refractivity contribution is 0.0547. The third kappa shape index (κ3) is 5.38. The molecule has 0 spiro atoms. The number of rotatable bonds is 8. The van der Waals surface area contributed by atoms with Crippen LogP contribution in [0.5, 0.6) is 11.5 Å². The first-order valence-corrected chi connectivity index (χ1v) is 9.75. The molecule has 1 saturated heterocycles. The van der Waals surface area contributed by atoms with Crippen LogP contribution in [0.3, 0.4) is 0 Å². The van der Waals surface area contributed by atoms with Gasteiger partial charge in [-0.25, -0.2) is 0 Å². The Morgan fingerprint density at radius 3 is 2.82 bits per heavy atom. The number of benzene rings is 1. The molecular formula is C22H30N2O4. The highest BCUT2D eigenvalue weighted by Crippen LogP contribution is 2.26. The molecular weight excluding hydrogens is 356 g/mol. The van der Waals surface area contributed by atoms with Crippen molar-refractivity contribution in [2.75, 3.05) is 39.9 Å². The van der Waals surface area contributed by atoms with Crippen LogP contribution in [0.15, 0.2) is 40.8 Å². The normalized spacial score (nSPS) is 18.8. The first kappa shape index (κ1) is 20.5. The summed E-state index contributed by atoms with van der Waals surface area (Å²) in [6.45, 7) is 6.63. The highest BCUT2D eigenvalue weighted by Gasteiger charge is 2.26. The number of ether oxygens (including phenoxy) is 1. The third-order valence-electron chi connectivity index (χ3n) is 5.18. The maximum Gasteiger partial charge on any atom is 0.161 e. The monoisotopic (exact) mass is 386 g/mol. The summed E-state index contributed by atoms with van der Waals surface area (Å²) in [4.78, 5) is 4.80. The molecule has 0 amide bonds. The van der Waals surface area contributed by atoms with Gasteiger partial charge in [0.05, 0.1) is 13.7 Å². The minimum absolute atomic E-state index is 0.148. The average molecular weight is 386 g/mol. The van der Waals surface area contributed by atoms with Crippen molar-refractivity contribution >= 4 is 6.08 Å². The molecule has 1 aliphatic rings. The summed E-state index contributed by atoms with van der Waals surface area (Å²) in [5.41, 5.74) is 0.994. The Morgan fingerprint density at radius 2 is 2.11 bits per heavy atom. The Bertz CT molecular complexity index is 787. The van der Waals surface area contributed by atoms with Crippen LogP contribution in [0.4, 0.5) is 0 Å². The molecule has 2 aromatic rings. The quantitative estimate of drug-likeness (QED) is 0.727. The number of nitrogens with zero attached hydrogens (tertiary/aromatic N) is 2. The van der Waals surface area contributed by atoms with Crippen LogP contribution in [0.1, 0.15) is 23.5 Å². The van der Waals surface area contributed by atoms with Crippen LogP contribution in [0.2, 0.25) is 0 Å². The van der Waals surface area contributed by atoms with Gasteiger partial charge in [-0.05, 0) is 43.2 Å². The molecule has 152 valence electrons. The van der Waals surface area contributed by atoms with Crippen molar-refractivity contribution in [3.8, 4) is 11.5 Å². The number of phenols is 1. The van der Waals surface area contributed by atoms with E-state index in [1.807, 2.05) is 37.3 Å². The van der Waals surface area contributed by atoms with Crippen LogP contribution in [-0.4, -0.2) is 66.0 Å². The molecule has 0 aliphatic carbocycles. The molecule has 2 heterocycles. The molecule has 6 heteroatoms. The Labute approximate surface area is 166 Å². The second-order valence-electron chi connectivity index (χ2n) is 7.24. The molecule has 1 aromatic heterocycles. The van der Waals surface area contributed by atoms with E-state index in [1.165, 1.54) is 0 Å². The third-order valence-corrected chi connectivity index (χ3v) is 5.18. The van der Waals surface area contributed by atoms with Crippen LogP contribution in [0, 0.1) is 6.92 Å². The van der Waals surface area contributed by atoms with E-state index >= 15 is 0 Å². The molecule has 0 saturated carbocycles. The lowest BCUT2D eigenvalue weighted by Crippen LogP contribution is -2.52. The molecule has 1 atom stereocenters. The van der Waals surface area contributed by atoms with E-state index < -0.39 is 0 Å². The minimum Gasteiger partial charge on any atom is -0.504 e. The van der Waals surface area contributed by atoms with Gasteiger partial charge >= 0.3 is 0 Å². The van der Waals surface area contributed by atoms with Crippen molar-refractivity contribution in [2.24, 2.45) is 0 Å². The fourth-order valence-corrected chi connectivity index (χ4v) is 3.66. The Balaban J connectivity index is 1.56. The SMILES string of the molecule is COc1cc(/C=C/CN2CCN(Cc3ccc(C)o3)[C@H](CCO)C2)ccc1O. The predicted molar refractivity (Wildman–Crippen MR) is 109 cm³/mol. The number of piperazine rings is 1. The predicted octanol–water partition coefficient (Wildman–Crippen LogP) is 2.88. The lowest BCUT2D eigenvalue weighted by Gasteiger charge is -2.40. The van der Waals surface area contributed by atoms with Crippen molar-refractivity contribution in [2.45, 2.75) is 25.9 Å². The lowest BCUT2D eigenvalue weighted by atomic mass is 10.1. The Morgan fingerprint density at radius 1 is 1.25 bits per heavy atom. The highest BCUT2D eigenvalue weighted by molar-refractivity contribution is 5.55. The summed E-state index contributed by atoms with van der Waals surface area (Å²) in [6.07, 6.45) is 4.93. The van der Waals surface area contributed by atoms with Gasteiger partial charge in [0.2, 0.25) is 0 Å². The van der Waals surface area contributed by atoms with Gasteiger partial charge in [0.15, 0.2) is 11.5 Å². The molecule has 0 bridgehead atoms. The molecule has 1 fully saturated rings. The number of aliphatic hydroxyl groups is 1. The molecule has 1 aromatic carbocycles. The first-order valence-electron chi connectivity index (χ1n) is 9.75. The standard InChI is InChI=1S/C22H30N2O4/c1-17-5-7-20(28-17)16-24-12-11-23(15-19(24)9-13-25)10-3-4-18-6-8-21(26)22(14-18)27-2/h3-8,14,19,25-26H,9-13,15-16H2,1-2H3/b4-3+/t19-/m1/s1. The van der Waals surface area contributed by atoms with Gasteiger partial charge in [0, 0.05) is 38.8 Å². The molecule has 0 radical (unpaired) electrons. The zero-order chi connectivity index (χ0) is 19.9. The maximum atomic E-state index is 9.69. The van der Waals surface area contributed by atoms with E-state index in [9.17, 15) is 10.2 Å². The summed E-state index contributed by atoms with van der Waals surface area (Å²) in [6, 6.07) is 9.68. The van der Waals surface area contributed by atoms with Crippen LogP contribution in [0.25, 0.3) is 6.08 Å². The Kier molecular flexibility index (Phi) is 7.14. The van der Waals surface area contributed by atoms with Gasteiger partial charge in [0.1, 0.15) is 11.5 Å². The fourth-order valence-electron chi connectivity index (χ4n) is 3.66. The summed E-state index contributed by atoms with van der Waals surface area (Å²) >= 11 is 0. The van der Waals surface area contributed by atoms with Crippen molar-refractivity contribution < 1.29 is 19.4 Å². The molecule has 1 aliphatic heterocycles. The topological polar surface area (TPSA) is 69.3 Å². The number of methoxy groups -OCH3 is 1. The van der Waals surface area contributed by atoms with Crippen molar-refractivity contribution in [1.82, 2.24) is 9.80 Å². The summed E-state index contributed by atoms with van der Waals surface area (Å²) < 4.78 is 10.9. The van der Waals surface area contributed by atoms with Crippen LogP contribution >= 0.6 is 0 Å². The van der Waals surface area contributed by atoms with Gasteiger partial charge < -0.3 is 19.4 Å². The van der Waals surface area contributed by atoms with Gasteiger partial charge in [-0.2, -0.15) is 0 Å². The number of aliphatic hydroxyl groups excluding tert-OH is 1. The van der Waals surface area contributed by atoms with E-state index in [0.717, 1.165) is 56.2 Å². The summed E-state index contributed by atoms with van der Waals surface area (Å²) in [5.74, 6) is 2.54. The van der Waals surface area contributed by atoms with Crippen molar-refractivity contribution in [1.29, 1.82) is 0 Å². The second-order valence-corrected chi connectivity index (χ2v) is 7.24. The summed E-state index contributed by atoms with van der Waals surface area (Å²) in [5, 5.41) is 19.2. The zero-order valence-corrected chi connectivity index (χ0v) is 16.7. The first-order chi connectivity index (χ1) is 13.6. The van der Waals surface area contributed by atoms with Gasteiger partial charge in [0.25, 0.3) is 0 Å². The highest BCUT2D eigenvalue weighted by atomic mass is 16.5. The number of furan rings is 1. The van der Waals surface area contributed by atoms with Gasteiger partial charge in [-0.3, -0.25) is 9.80 Å². The average Bonchev–Trinajstić information content (AvgIpc) is 3.10. The van der Waals surface area contributed by atoms with E-state index in [1.54, 1.807) is 13.2 Å². The van der Waals surface area contributed by atoms with E-state index in [-0.39, 0.29) is 12.4 Å².